The Kier molecular flexibility index (Phi) is 4.67. The van der Waals surface area contributed by atoms with Gasteiger partial charge in [0.1, 0.15) is 0 Å². The zero-order valence-electron chi connectivity index (χ0n) is 9.00. The zero-order valence-corrected chi connectivity index (χ0v) is 10.6. The van der Waals surface area contributed by atoms with Crippen LogP contribution >= 0.6 is 23.4 Å². The highest BCUT2D eigenvalue weighted by atomic mass is 35.5. The van der Waals surface area contributed by atoms with Gasteiger partial charge in [-0.2, -0.15) is 11.8 Å². The van der Waals surface area contributed by atoms with E-state index in [4.69, 9.17) is 11.6 Å². The molecule has 5 heteroatoms. The first-order valence-electron chi connectivity index (χ1n) is 4.59. The third-order valence-electron chi connectivity index (χ3n) is 2.19. The Bertz CT molecular complexity index is 335. The number of rotatable bonds is 4. The van der Waals surface area contributed by atoms with Gasteiger partial charge in [-0.3, -0.25) is 0 Å². The van der Waals surface area contributed by atoms with Crippen LogP contribution < -0.4 is 4.90 Å². The molecule has 15 heavy (non-hydrogen) atoms. The van der Waals surface area contributed by atoms with Crippen molar-refractivity contribution in [1.29, 1.82) is 0 Å². The lowest BCUT2D eigenvalue weighted by Gasteiger charge is -2.25. The number of hydrogen-bond donors (Lipinski definition) is 0. The predicted molar refractivity (Wildman–Crippen MR) is 65.5 cm³/mol. The SMILES string of the molecule is CSCC(C)N(C)c1ncc(Cl)cc1F. The molecule has 0 saturated heterocycles. The van der Waals surface area contributed by atoms with Crippen LogP contribution in [-0.2, 0) is 0 Å². The second-order valence-corrected chi connectivity index (χ2v) is 4.72. The van der Waals surface area contributed by atoms with Crippen LogP contribution in [0.4, 0.5) is 10.2 Å². The fourth-order valence-corrected chi connectivity index (χ4v) is 2.08. The molecule has 1 rings (SSSR count). The smallest absolute Gasteiger partial charge is 0.167 e. The van der Waals surface area contributed by atoms with Gasteiger partial charge in [0.05, 0.1) is 5.02 Å². The molecule has 0 bridgehead atoms. The van der Waals surface area contributed by atoms with Crippen LogP contribution in [-0.4, -0.2) is 30.1 Å². The minimum Gasteiger partial charge on any atom is -0.354 e. The number of pyridine rings is 1. The number of hydrogen-bond acceptors (Lipinski definition) is 3. The monoisotopic (exact) mass is 248 g/mol. The molecule has 0 fully saturated rings. The largest absolute Gasteiger partial charge is 0.354 e. The van der Waals surface area contributed by atoms with E-state index in [9.17, 15) is 4.39 Å². The van der Waals surface area contributed by atoms with E-state index in [0.717, 1.165) is 5.75 Å². The topological polar surface area (TPSA) is 16.1 Å². The minimum atomic E-state index is -0.377. The summed E-state index contributed by atoms with van der Waals surface area (Å²) in [6, 6.07) is 1.52. The van der Waals surface area contributed by atoms with Crippen molar-refractivity contribution >= 4 is 29.2 Å². The average Bonchev–Trinajstić information content (AvgIpc) is 2.17. The van der Waals surface area contributed by atoms with Crippen molar-refractivity contribution in [3.05, 3.63) is 23.1 Å². The highest BCUT2D eigenvalue weighted by molar-refractivity contribution is 7.98. The first kappa shape index (κ1) is 12.6. The summed E-state index contributed by atoms with van der Waals surface area (Å²) in [6.07, 6.45) is 3.48. The molecule has 84 valence electrons. The molecule has 0 aliphatic rings. The maximum atomic E-state index is 13.5. The Morgan fingerprint density at radius 3 is 2.87 bits per heavy atom. The van der Waals surface area contributed by atoms with Crippen LogP contribution in [0.15, 0.2) is 12.3 Å². The quantitative estimate of drug-likeness (QED) is 0.815. The van der Waals surface area contributed by atoms with Crippen molar-refractivity contribution in [3.8, 4) is 0 Å². The lowest BCUT2D eigenvalue weighted by molar-refractivity contribution is 0.606. The Balaban J connectivity index is 2.86. The van der Waals surface area contributed by atoms with Crippen LogP contribution in [0.25, 0.3) is 0 Å². The molecule has 0 N–H and O–H groups in total. The molecule has 0 aliphatic heterocycles. The summed E-state index contributed by atoms with van der Waals surface area (Å²) in [5, 5.41) is 0.321. The maximum Gasteiger partial charge on any atom is 0.167 e. The zero-order chi connectivity index (χ0) is 11.4. The molecule has 0 spiro atoms. The highest BCUT2D eigenvalue weighted by Crippen LogP contribution is 2.20. The predicted octanol–water partition coefficient (Wildman–Crippen LogP) is 3.06. The van der Waals surface area contributed by atoms with Gasteiger partial charge in [-0.1, -0.05) is 11.6 Å². The number of thioether (sulfide) groups is 1. The summed E-state index contributed by atoms with van der Waals surface area (Å²) >= 11 is 7.36. The molecule has 1 aromatic heterocycles. The summed E-state index contributed by atoms with van der Waals surface area (Å²) < 4.78 is 13.5. The summed E-state index contributed by atoms with van der Waals surface area (Å²) in [5.41, 5.74) is 0. The van der Waals surface area contributed by atoms with Crippen LogP contribution in [0.3, 0.4) is 0 Å². The molecule has 0 amide bonds. The summed E-state index contributed by atoms with van der Waals surface area (Å²) in [4.78, 5) is 5.81. The first-order chi connectivity index (χ1) is 7.06. The lowest BCUT2D eigenvalue weighted by atomic mass is 10.3. The van der Waals surface area contributed by atoms with E-state index >= 15 is 0 Å². The van der Waals surface area contributed by atoms with Gasteiger partial charge in [0, 0.05) is 25.0 Å². The van der Waals surface area contributed by atoms with Gasteiger partial charge in [0.15, 0.2) is 11.6 Å². The van der Waals surface area contributed by atoms with Gasteiger partial charge in [0.2, 0.25) is 0 Å². The standard InChI is InChI=1S/C10H14ClFN2S/c1-7(6-15-3)14(2)10-9(12)4-8(11)5-13-10/h4-5,7H,6H2,1-3H3. The molecule has 2 nitrogen and oxygen atoms in total. The second-order valence-electron chi connectivity index (χ2n) is 3.37. The van der Waals surface area contributed by atoms with Crippen LogP contribution in [0.1, 0.15) is 6.92 Å². The fourth-order valence-electron chi connectivity index (χ4n) is 1.23. The van der Waals surface area contributed by atoms with E-state index < -0.39 is 0 Å². The van der Waals surface area contributed by atoms with Crippen LogP contribution in [0, 0.1) is 5.82 Å². The van der Waals surface area contributed by atoms with Crippen molar-refractivity contribution in [2.24, 2.45) is 0 Å². The normalized spacial score (nSPS) is 12.6. The van der Waals surface area contributed by atoms with E-state index in [-0.39, 0.29) is 11.9 Å². The van der Waals surface area contributed by atoms with E-state index in [2.05, 4.69) is 4.98 Å². The fraction of sp³-hybridized carbons (Fsp3) is 0.500. The number of nitrogens with zero attached hydrogens (tertiary/aromatic N) is 2. The highest BCUT2D eigenvalue weighted by Gasteiger charge is 2.14. The van der Waals surface area contributed by atoms with Gasteiger partial charge in [-0.15, -0.1) is 0 Å². The third-order valence-corrected chi connectivity index (χ3v) is 3.21. The second kappa shape index (κ2) is 5.56. The van der Waals surface area contributed by atoms with Gasteiger partial charge in [-0.25, -0.2) is 9.37 Å². The van der Waals surface area contributed by atoms with Gasteiger partial charge >= 0.3 is 0 Å². The lowest BCUT2D eigenvalue weighted by Crippen LogP contribution is -2.32. The molecule has 0 radical (unpaired) electrons. The Hall–Kier alpha value is -0.480. The van der Waals surface area contributed by atoms with E-state index in [0.29, 0.717) is 10.8 Å². The first-order valence-corrected chi connectivity index (χ1v) is 6.36. The van der Waals surface area contributed by atoms with Gasteiger partial charge < -0.3 is 4.90 Å². The van der Waals surface area contributed by atoms with Crippen molar-refractivity contribution in [2.45, 2.75) is 13.0 Å². The van der Waals surface area contributed by atoms with Crippen molar-refractivity contribution < 1.29 is 4.39 Å². The Morgan fingerprint density at radius 1 is 1.67 bits per heavy atom. The van der Waals surface area contributed by atoms with Crippen molar-refractivity contribution in [3.63, 3.8) is 0 Å². The van der Waals surface area contributed by atoms with Crippen molar-refractivity contribution in [1.82, 2.24) is 4.98 Å². The summed E-state index contributed by atoms with van der Waals surface area (Å²) in [5.74, 6) is 0.902. The molecular weight excluding hydrogens is 235 g/mol. The average molecular weight is 249 g/mol. The molecule has 0 aliphatic carbocycles. The van der Waals surface area contributed by atoms with Gasteiger partial charge in [-0.05, 0) is 19.2 Å². The molecular formula is C10H14ClFN2S. The number of halogens is 2. The number of aromatic nitrogens is 1. The summed E-state index contributed by atoms with van der Waals surface area (Å²) in [6.45, 7) is 2.03. The molecule has 1 aromatic rings. The summed E-state index contributed by atoms with van der Waals surface area (Å²) in [7, 11) is 1.83. The van der Waals surface area contributed by atoms with Crippen LogP contribution in [0.5, 0.6) is 0 Å². The molecule has 1 unspecified atom stereocenters. The van der Waals surface area contributed by atoms with Crippen LogP contribution in [0.2, 0.25) is 5.02 Å². The molecule has 1 atom stereocenters. The number of anilines is 1. The third kappa shape index (κ3) is 3.24. The Labute approximate surface area is 98.8 Å². The van der Waals surface area contributed by atoms with Gasteiger partial charge in [0.25, 0.3) is 0 Å². The van der Waals surface area contributed by atoms with E-state index in [1.54, 1.807) is 11.8 Å². The Morgan fingerprint density at radius 2 is 2.33 bits per heavy atom. The minimum absolute atomic E-state index is 0.239. The van der Waals surface area contributed by atoms with E-state index in [1.165, 1.54) is 12.3 Å². The maximum absolute atomic E-state index is 13.5. The molecule has 1 heterocycles. The molecule has 0 saturated carbocycles. The molecule has 0 aromatic carbocycles. The van der Waals surface area contributed by atoms with Crippen molar-refractivity contribution in [2.75, 3.05) is 24.0 Å². The van der Waals surface area contributed by atoms with E-state index in [1.807, 2.05) is 25.1 Å².